The molecule has 0 amide bonds. The van der Waals surface area contributed by atoms with Crippen LogP contribution in [0, 0.1) is 0 Å². The van der Waals surface area contributed by atoms with Crippen LogP contribution >= 0.6 is 24.0 Å². The largest absolute Gasteiger partial charge is 0.495 e. The molecule has 0 bridgehead atoms. The number of aliphatic imine (C=N–C) groups is 1. The van der Waals surface area contributed by atoms with Crippen molar-refractivity contribution >= 4 is 35.6 Å². The van der Waals surface area contributed by atoms with E-state index >= 15 is 0 Å². The number of anilines is 1. The summed E-state index contributed by atoms with van der Waals surface area (Å²) >= 11 is 0. The van der Waals surface area contributed by atoms with Crippen molar-refractivity contribution in [3.63, 3.8) is 0 Å². The first kappa shape index (κ1) is 24.9. The lowest BCUT2D eigenvalue weighted by Crippen LogP contribution is -2.51. The molecule has 0 saturated carbocycles. The average molecular weight is 560 g/mol. The zero-order valence-corrected chi connectivity index (χ0v) is 21.6. The molecule has 0 radical (unpaired) electrons. The van der Waals surface area contributed by atoms with E-state index in [1.54, 1.807) is 7.11 Å². The first-order valence-corrected chi connectivity index (χ1v) is 11.2. The Bertz CT molecular complexity index is 1020. The molecule has 1 aromatic heterocycles. The standard InChI is InChI=1S/C25H32N6O.HI/c1-26-25(28-17-24-27-14-16-31(24)18-20-9-4-3-5-10-20)29-21-11-8-15-30(19-21)22-12-6-7-13-23(22)32-2;/h3-7,9-10,12-14,16,21H,8,11,15,17-19H2,1-2H3,(H2,26,28,29);1H. The summed E-state index contributed by atoms with van der Waals surface area (Å²) < 4.78 is 7.73. The van der Waals surface area contributed by atoms with Crippen LogP contribution < -0.4 is 20.3 Å². The van der Waals surface area contributed by atoms with Crippen molar-refractivity contribution in [2.45, 2.75) is 32.0 Å². The highest BCUT2D eigenvalue weighted by molar-refractivity contribution is 14.0. The molecule has 1 aliphatic heterocycles. The minimum absolute atomic E-state index is 0. The van der Waals surface area contributed by atoms with Gasteiger partial charge in [0.25, 0.3) is 0 Å². The van der Waals surface area contributed by atoms with Gasteiger partial charge in [-0.1, -0.05) is 42.5 Å². The predicted octanol–water partition coefficient (Wildman–Crippen LogP) is 3.89. The number of aromatic nitrogens is 2. The summed E-state index contributed by atoms with van der Waals surface area (Å²) in [6.45, 7) is 3.36. The number of guanidine groups is 1. The van der Waals surface area contributed by atoms with Gasteiger partial charge in [-0.3, -0.25) is 4.99 Å². The lowest BCUT2D eigenvalue weighted by molar-refractivity contribution is 0.408. The minimum atomic E-state index is 0. The first-order valence-electron chi connectivity index (χ1n) is 11.2. The molecule has 1 aliphatic rings. The van der Waals surface area contributed by atoms with Crippen molar-refractivity contribution in [3.05, 3.63) is 78.4 Å². The van der Waals surface area contributed by atoms with Gasteiger partial charge >= 0.3 is 0 Å². The number of hydrogen-bond acceptors (Lipinski definition) is 4. The van der Waals surface area contributed by atoms with Gasteiger partial charge in [0.15, 0.2) is 5.96 Å². The van der Waals surface area contributed by atoms with Crippen molar-refractivity contribution < 1.29 is 4.74 Å². The molecular formula is C25H33IN6O. The van der Waals surface area contributed by atoms with E-state index in [1.165, 1.54) is 5.56 Å². The fraction of sp³-hybridized carbons (Fsp3) is 0.360. The number of nitrogens with one attached hydrogen (secondary N) is 2. The second-order valence-corrected chi connectivity index (χ2v) is 7.98. The Morgan fingerprint density at radius 2 is 1.94 bits per heavy atom. The number of nitrogens with zero attached hydrogens (tertiary/aromatic N) is 4. The lowest BCUT2D eigenvalue weighted by atomic mass is 10.0. The van der Waals surface area contributed by atoms with Crippen LogP contribution in [0.1, 0.15) is 24.2 Å². The van der Waals surface area contributed by atoms with Crippen LogP contribution in [-0.4, -0.2) is 48.8 Å². The SMILES string of the molecule is CN=C(NCc1nccn1Cc1ccccc1)NC1CCCN(c2ccccc2OC)C1.I. The van der Waals surface area contributed by atoms with Crippen molar-refractivity contribution in [1.29, 1.82) is 0 Å². The number of para-hydroxylation sites is 2. The van der Waals surface area contributed by atoms with Crippen LogP contribution in [0.4, 0.5) is 5.69 Å². The van der Waals surface area contributed by atoms with E-state index in [0.29, 0.717) is 12.6 Å². The fourth-order valence-corrected chi connectivity index (χ4v) is 4.19. The predicted molar refractivity (Wildman–Crippen MR) is 145 cm³/mol. The first-order chi connectivity index (χ1) is 15.8. The van der Waals surface area contributed by atoms with E-state index < -0.39 is 0 Å². The van der Waals surface area contributed by atoms with Gasteiger partial charge in [0, 0.05) is 45.1 Å². The Balaban J connectivity index is 0.00000306. The van der Waals surface area contributed by atoms with Gasteiger partial charge in [0.05, 0.1) is 19.3 Å². The van der Waals surface area contributed by atoms with Gasteiger partial charge in [0.1, 0.15) is 11.6 Å². The molecule has 2 heterocycles. The average Bonchev–Trinajstić information content (AvgIpc) is 3.29. The van der Waals surface area contributed by atoms with Crippen LogP contribution in [0.25, 0.3) is 0 Å². The van der Waals surface area contributed by atoms with E-state index in [2.05, 4.69) is 66.5 Å². The number of benzene rings is 2. The Labute approximate surface area is 213 Å². The molecule has 1 fully saturated rings. The van der Waals surface area contributed by atoms with Crippen molar-refractivity contribution in [3.8, 4) is 5.75 Å². The third kappa shape index (κ3) is 6.63. The summed E-state index contributed by atoms with van der Waals surface area (Å²) in [6, 6.07) is 19.0. The van der Waals surface area contributed by atoms with E-state index in [0.717, 1.165) is 55.7 Å². The van der Waals surface area contributed by atoms with Crippen molar-refractivity contribution in [2.24, 2.45) is 4.99 Å². The molecule has 8 heteroatoms. The highest BCUT2D eigenvalue weighted by Crippen LogP contribution is 2.29. The molecule has 1 unspecified atom stereocenters. The Hall–Kier alpha value is -2.75. The molecule has 0 aliphatic carbocycles. The van der Waals surface area contributed by atoms with E-state index in [4.69, 9.17) is 4.74 Å². The molecule has 2 N–H and O–H groups in total. The van der Waals surface area contributed by atoms with Crippen molar-refractivity contribution in [2.75, 3.05) is 32.1 Å². The molecule has 1 saturated heterocycles. The third-order valence-corrected chi connectivity index (χ3v) is 5.82. The molecule has 33 heavy (non-hydrogen) atoms. The van der Waals surface area contributed by atoms with Gasteiger partial charge in [-0.15, -0.1) is 24.0 Å². The quantitative estimate of drug-likeness (QED) is 0.261. The summed E-state index contributed by atoms with van der Waals surface area (Å²) in [5.41, 5.74) is 2.40. The number of rotatable bonds is 7. The molecule has 2 aromatic carbocycles. The second kappa shape index (κ2) is 12.5. The van der Waals surface area contributed by atoms with Crippen LogP contribution in [-0.2, 0) is 13.1 Å². The highest BCUT2D eigenvalue weighted by Gasteiger charge is 2.23. The van der Waals surface area contributed by atoms with Gasteiger partial charge in [0.2, 0.25) is 0 Å². The topological polar surface area (TPSA) is 66.7 Å². The number of imidazole rings is 1. The molecule has 3 aromatic rings. The van der Waals surface area contributed by atoms with E-state index in [-0.39, 0.29) is 24.0 Å². The van der Waals surface area contributed by atoms with Crippen LogP contribution in [0.2, 0.25) is 0 Å². The summed E-state index contributed by atoms with van der Waals surface area (Å²) in [7, 11) is 3.54. The number of methoxy groups -OCH3 is 1. The summed E-state index contributed by atoms with van der Waals surface area (Å²) in [4.78, 5) is 11.4. The second-order valence-electron chi connectivity index (χ2n) is 7.98. The van der Waals surface area contributed by atoms with Crippen LogP contribution in [0.3, 0.4) is 0 Å². The van der Waals surface area contributed by atoms with Gasteiger partial charge < -0.3 is 24.8 Å². The van der Waals surface area contributed by atoms with Crippen LogP contribution in [0.15, 0.2) is 72.0 Å². The van der Waals surface area contributed by atoms with Gasteiger partial charge in [-0.25, -0.2) is 4.98 Å². The van der Waals surface area contributed by atoms with Crippen LogP contribution in [0.5, 0.6) is 5.75 Å². The maximum absolute atomic E-state index is 5.56. The highest BCUT2D eigenvalue weighted by atomic mass is 127. The molecule has 7 nitrogen and oxygen atoms in total. The molecule has 0 spiro atoms. The van der Waals surface area contributed by atoms with E-state index in [9.17, 15) is 0 Å². The fourth-order valence-electron chi connectivity index (χ4n) is 4.19. The summed E-state index contributed by atoms with van der Waals surface area (Å²) in [6.07, 6.45) is 6.10. The lowest BCUT2D eigenvalue weighted by Gasteiger charge is -2.36. The third-order valence-electron chi connectivity index (χ3n) is 5.82. The Kier molecular flexibility index (Phi) is 9.41. The molecule has 4 rings (SSSR count). The van der Waals surface area contributed by atoms with Gasteiger partial charge in [-0.05, 0) is 30.5 Å². The Morgan fingerprint density at radius 3 is 2.73 bits per heavy atom. The number of piperidine rings is 1. The van der Waals surface area contributed by atoms with Crippen molar-refractivity contribution in [1.82, 2.24) is 20.2 Å². The maximum atomic E-state index is 5.56. The Morgan fingerprint density at radius 1 is 1.15 bits per heavy atom. The minimum Gasteiger partial charge on any atom is -0.495 e. The number of halogens is 1. The number of ether oxygens (including phenoxy) is 1. The zero-order valence-electron chi connectivity index (χ0n) is 19.3. The molecule has 1 atom stereocenters. The molecule has 176 valence electrons. The number of hydrogen-bond donors (Lipinski definition) is 2. The summed E-state index contributed by atoms with van der Waals surface area (Å²) in [5, 5.41) is 7.03. The van der Waals surface area contributed by atoms with E-state index in [1.807, 2.05) is 37.6 Å². The summed E-state index contributed by atoms with van der Waals surface area (Å²) in [5.74, 6) is 2.70. The molecular weight excluding hydrogens is 527 g/mol. The normalized spacial score (nSPS) is 16.1. The maximum Gasteiger partial charge on any atom is 0.191 e. The van der Waals surface area contributed by atoms with Gasteiger partial charge in [-0.2, -0.15) is 0 Å². The smallest absolute Gasteiger partial charge is 0.191 e. The zero-order chi connectivity index (χ0) is 22.2. The monoisotopic (exact) mass is 560 g/mol.